The molecule has 6 heteroatoms. The highest BCUT2D eigenvalue weighted by Gasteiger charge is 2.16. The van der Waals surface area contributed by atoms with Gasteiger partial charge in [0.25, 0.3) is 0 Å². The first-order valence-electron chi connectivity index (χ1n) is 8.34. The molecule has 0 N–H and O–H groups in total. The first-order valence-corrected chi connectivity index (χ1v) is 9.82. The summed E-state index contributed by atoms with van der Waals surface area (Å²) >= 11 is 0. The SMILES string of the molecule is O=S(=O)(c1ccccc1)c1ccc([CH]c2ccc(-n3cccn3)nc2)cc1. The predicted octanol–water partition coefficient (Wildman–Crippen LogP) is 3.70. The van der Waals surface area contributed by atoms with Gasteiger partial charge in [0.15, 0.2) is 5.82 Å². The molecule has 0 saturated heterocycles. The fourth-order valence-corrected chi connectivity index (χ4v) is 3.98. The Morgan fingerprint density at radius 3 is 2.11 bits per heavy atom. The minimum atomic E-state index is -3.50. The van der Waals surface area contributed by atoms with Crippen molar-refractivity contribution in [1.29, 1.82) is 0 Å². The van der Waals surface area contributed by atoms with Crippen molar-refractivity contribution in [2.24, 2.45) is 0 Å². The smallest absolute Gasteiger partial charge is 0.206 e. The van der Waals surface area contributed by atoms with E-state index < -0.39 is 9.84 Å². The molecule has 133 valence electrons. The Kier molecular flexibility index (Phi) is 4.56. The molecule has 0 unspecified atom stereocenters. The van der Waals surface area contributed by atoms with Gasteiger partial charge in [0.1, 0.15) is 0 Å². The van der Waals surface area contributed by atoms with E-state index in [0.717, 1.165) is 16.9 Å². The lowest BCUT2D eigenvalue weighted by molar-refractivity contribution is 0.596. The van der Waals surface area contributed by atoms with Crippen LogP contribution in [-0.4, -0.2) is 23.2 Å². The van der Waals surface area contributed by atoms with Crippen LogP contribution in [0.25, 0.3) is 5.82 Å². The van der Waals surface area contributed by atoms with Gasteiger partial charge in [0.05, 0.1) is 9.79 Å². The Morgan fingerprint density at radius 2 is 1.48 bits per heavy atom. The molecular formula is C21H16N3O2S. The van der Waals surface area contributed by atoms with Crippen LogP contribution in [-0.2, 0) is 9.84 Å². The molecule has 0 aliphatic rings. The van der Waals surface area contributed by atoms with Crippen molar-refractivity contribution in [3.05, 3.63) is 109 Å². The van der Waals surface area contributed by atoms with Crippen molar-refractivity contribution in [1.82, 2.24) is 14.8 Å². The monoisotopic (exact) mass is 374 g/mol. The number of rotatable bonds is 5. The first-order chi connectivity index (χ1) is 13.1. The zero-order chi connectivity index (χ0) is 18.7. The van der Waals surface area contributed by atoms with E-state index in [0.29, 0.717) is 4.90 Å². The van der Waals surface area contributed by atoms with Gasteiger partial charge in [-0.15, -0.1) is 0 Å². The molecule has 0 spiro atoms. The summed E-state index contributed by atoms with van der Waals surface area (Å²) in [5, 5.41) is 4.14. The maximum atomic E-state index is 12.6. The second-order valence-electron chi connectivity index (χ2n) is 5.93. The number of hydrogen-bond donors (Lipinski definition) is 0. The Balaban J connectivity index is 1.51. The minimum Gasteiger partial charge on any atom is -0.237 e. The number of benzene rings is 2. The van der Waals surface area contributed by atoms with Crippen LogP contribution in [0.15, 0.2) is 101 Å². The lowest BCUT2D eigenvalue weighted by atomic mass is 10.1. The zero-order valence-electron chi connectivity index (χ0n) is 14.3. The average molecular weight is 374 g/mol. The Bertz CT molecular complexity index is 1120. The summed E-state index contributed by atoms with van der Waals surface area (Å²) in [6, 6.07) is 20.9. The van der Waals surface area contributed by atoms with Gasteiger partial charge < -0.3 is 0 Å². The highest BCUT2D eigenvalue weighted by molar-refractivity contribution is 7.91. The lowest BCUT2D eigenvalue weighted by Gasteiger charge is -2.07. The van der Waals surface area contributed by atoms with Crippen molar-refractivity contribution in [2.75, 3.05) is 0 Å². The van der Waals surface area contributed by atoms with E-state index in [-0.39, 0.29) is 4.90 Å². The van der Waals surface area contributed by atoms with Crippen molar-refractivity contribution < 1.29 is 8.42 Å². The molecule has 2 aromatic carbocycles. The van der Waals surface area contributed by atoms with Crippen molar-refractivity contribution in [3.8, 4) is 5.82 Å². The van der Waals surface area contributed by atoms with Crippen molar-refractivity contribution in [2.45, 2.75) is 9.79 Å². The Labute approximate surface area is 157 Å². The third kappa shape index (κ3) is 3.66. The molecule has 0 saturated carbocycles. The van der Waals surface area contributed by atoms with Crippen LogP contribution in [0.2, 0.25) is 0 Å². The molecule has 0 fully saturated rings. The van der Waals surface area contributed by atoms with Crippen LogP contribution in [0.4, 0.5) is 0 Å². The van der Waals surface area contributed by atoms with Crippen LogP contribution in [0.5, 0.6) is 0 Å². The largest absolute Gasteiger partial charge is 0.237 e. The summed E-state index contributed by atoms with van der Waals surface area (Å²) in [5.41, 5.74) is 1.82. The second kappa shape index (κ2) is 7.17. The highest BCUT2D eigenvalue weighted by atomic mass is 32.2. The van der Waals surface area contributed by atoms with Crippen molar-refractivity contribution in [3.63, 3.8) is 0 Å². The predicted molar refractivity (Wildman–Crippen MR) is 102 cm³/mol. The van der Waals surface area contributed by atoms with E-state index in [1.807, 2.05) is 30.8 Å². The molecule has 1 radical (unpaired) electrons. The van der Waals surface area contributed by atoms with Gasteiger partial charge in [-0.1, -0.05) is 36.4 Å². The van der Waals surface area contributed by atoms with Crippen molar-refractivity contribution >= 4 is 9.84 Å². The fraction of sp³-hybridized carbons (Fsp3) is 0. The van der Waals surface area contributed by atoms with E-state index in [4.69, 9.17) is 0 Å². The summed E-state index contributed by atoms with van der Waals surface area (Å²) in [6.45, 7) is 0. The second-order valence-corrected chi connectivity index (χ2v) is 7.88. The van der Waals surface area contributed by atoms with Crippen LogP contribution in [0, 0.1) is 6.42 Å². The molecule has 27 heavy (non-hydrogen) atoms. The van der Waals surface area contributed by atoms with Gasteiger partial charge >= 0.3 is 0 Å². The normalized spacial score (nSPS) is 11.4. The molecule has 0 amide bonds. The van der Waals surface area contributed by atoms with Gasteiger partial charge in [-0.3, -0.25) is 0 Å². The quantitative estimate of drug-likeness (QED) is 0.534. The molecular weight excluding hydrogens is 358 g/mol. The third-order valence-electron chi connectivity index (χ3n) is 4.09. The van der Waals surface area contributed by atoms with Crippen LogP contribution in [0.3, 0.4) is 0 Å². The van der Waals surface area contributed by atoms with E-state index in [1.54, 1.807) is 71.7 Å². The van der Waals surface area contributed by atoms with Crippen LogP contribution >= 0.6 is 0 Å². The number of pyridine rings is 1. The summed E-state index contributed by atoms with van der Waals surface area (Å²) in [7, 11) is -3.50. The van der Waals surface area contributed by atoms with Crippen LogP contribution < -0.4 is 0 Å². The summed E-state index contributed by atoms with van der Waals surface area (Å²) in [4.78, 5) is 4.95. The number of aromatic nitrogens is 3. The van der Waals surface area contributed by atoms with Gasteiger partial charge in [-0.2, -0.15) is 5.10 Å². The van der Waals surface area contributed by atoms with Gasteiger partial charge in [-0.05, 0) is 47.5 Å². The number of nitrogens with zero attached hydrogens (tertiary/aromatic N) is 3. The molecule has 5 nitrogen and oxygen atoms in total. The van der Waals surface area contributed by atoms with Crippen LogP contribution in [0.1, 0.15) is 11.1 Å². The summed E-state index contributed by atoms with van der Waals surface area (Å²) < 4.78 is 26.9. The van der Waals surface area contributed by atoms with E-state index in [9.17, 15) is 8.42 Å². The topological polar surface area (TPSA) is 64.8 Å². The Hall–Kier alpha value is -3.25. The molecule has 2 heterocycles. The molecule has 0 aliphatic carbocycles. The fourth-order valence-electron chi connectivity index (χ4n) is 2.69. The third-order valence-corrected chi connectivity index (χ3v) is 5.87. The minimum absolute atomic E-state index is 0.276. The number of hydrogen-bond acceptors (Lipinski definition) is 4. The molecule has 4 aromatic rings. The van der Waals surface area contributed by atoms with E-state index in [1.165, 1.54) is 0 Å². The average Bonchev–Trinajstić information content (AvgIpc) is 3.25. The molecule has 4 rings (SSSR count). The molecule has 0 atom stereocenters. The molecule has 0 bridgehead atoms. The number of sulfone groups is 1. The zero-order valence-corrected chi connectivity index (χ0v) is 15.1. The van der Waals surface area contributed by atoms with Gasteiger partial charge in [0, 0.05) is 25.0 Å². The Morgan fingerprint density at radius 1 is 0.778 bits per heavy atom. The van der Waals surface area contributed by atoms with E-state index >= 15 is 0 Å². The maximum absolute atomic E-state index is 12.6. The first kappa shape index (κ1) is 17.2. The standard InChI is InChI=1S/C21H16N3O2S/c25-27(26,19-5-2-1-3-6-19)20-10-7-17(8-11-20)15-18-9-12-21(22-16-18)24-14-4-13-23-24/h1-16H. The van der Waals surface area contributed by atoms with Gasteiger partial charge in [0.2, 0.25) is 9.84 Å². The summed E-state index contributed by atoms with van der Waals surface area (Å²) in [5.74, 6) is 0.737. The van der Waals surface area contributed by atoms with Gasteiger partial charge in [-0.25, -0.2) is 18.1 Å². The molecule has 0 aliphatic heterocycles. The summed E-state index contributed by atoms with van der Waals surface area (Å²) in [6.07, 6.45) is 7.23. The van der Waals surface area contributed by atoms with E-state index in [2.05, 4.69) is 10.1 Å². The lowest BCUT2D eigenvalue weighted by Crippen LogP contribution is -2.02. The maximum Gasteiger partial charge on any atom is 0.206 e. The highest BCUT2D eigenvalue weighted by Crippen LogP contribution is 2.22. The molecule has 2 aromatic heterocycles.